The molecule has 1 N–H and O–H groups in total. The highest BCUT2D eigenvalue weighted by atomic mass is 16.6. The van der Waals surface area contributed by atoms with E-state index >= 15 is 0 Å². The van der Waals surface area contributed by atoms with Crippen LogP contribution in [0, 0.1) is 10.1 Å². The molecule has 1 aromatic rings. The lowest BCUT2D eigenvalue weighted by molar-refractivity contribution is -0.384. The maximum Gasteiger partial charge on any atom is 0.292 e. The van der Waals surface area contributed by atoms with Gasteiger partial charge < -0.3 is 10.1 Å². The van der Waals surface area contributed by atoms with Crippen LogP contribution in [-0.4, -0.2) is 42.7 Å². The Morgan fingerprint density at radius 2 is 2.10 bits per heavy atom. The Bertz CT molecular complexity index is 452. The van der Waals surface area contributed by atoms with Crippen LogP contribution in [0.4, 0.5) is 11.4 Å². The minimum atomic E-state index is -0.335. The standard InChI is InChI=1S/C15H25N3O3/c1-4-16-15-13(8-7-9-14(15)18(19)20)12-17(5-2)10-11-21-6-3/h7-9,16H,4-6,10-12H2,1-3H3. The molecule has 1 aromatic carbocycles. The third-order valence-corrected chi connectivity index (χ3v) is 3.28. The Kier molecular flexibility index (Phi) is 7.71. The van der Waals surface area contributed by atoms with E-state index in [4.69, 9.17) is 4.74 Å². The van der Waals surface area contributed by atoms with Crippen LogP contribution in [0.2, 0.25) is 0 Å². The van der Waals surface area contributed by atoms with Gasteiger partial charge in [-0.15, -0.1) is 0 Å². The predicted octanol–water partition coefficient (Wildman–Crippen LogP) is 2.89. The minimum absolute atomic E-state index is 0.134. The Morgan fingerprint density at radius 3 is 2.67 bits per heavy atom. The monoisotopic (exact) mass is 295 g/mol. The Labute approximate surface area is 126 Å². The smallest absolute Gasteiger partial charge is 0.292 e. The number of rotatable bonds is 10. The number of nitro benzene ring substituents is 1. The molecule has 0 aliphatic heterocycles. The maximum absolute atomic E-state index is 11.1. The molecule has 0 atom stereocenters. The lowest BCUT2D eigenvalue weighted by Gasteiger charge is -2.22. The normalized spacial score (nSPS) is 10.9. The summed E-state index contributed by atoms with van der Waals surface area (Å²) in [6.07, 6.45) is 0. The van der Waals surface area contributed by atoms with Gasteiger partial charge in [-0.1, -0.05) is 19.1 Å². The van der Waals surface area contributed by atoms with E-state index in [1.54, 1.807) is 6.07 Å². The Hall–Kier alpha value is -1.66. The molecule has 0 bridgehead atoms. The van der Waals surface area contributed by atoms with Crippen LogP contribution in [0.3, 0.4) is 0 Å². The zero-order valence-electron chi connectivity index (χ0n) is 13.1. The number of para-hydroxylation sites is 1. The predicted molar refractivity (Wildman–Crippen MR) is 84.7 cm³/mol. The molecule has 0 heterocycles. The van der Waals surface area contributed by atoms with Gasteiger partial charge >= 0.3 is 0 Å². The molecular weight excluding hydrogens is 270 g/mol. The van der Waals surface area contributed by atoms with E-state index in [0.29, 0.717) is 32.0 Å². The molecule has 6 nitrogen and oxygen atoms in total. The molecule has 6 heteroatoms. The van der Waals surface area contributed by atoms with E-state index in [1.807, 2.05) is 19.9 Å². The van der Waals surface area contributed by atoms with Crippen molar-refractivity contribution in [3.63, 3.8) is 0 Å². The Balaban J connectivity index is 2.89. The molecule has 0 saturated heterocycles. The van der Waals surface area contributed by atoms with Gasteiger partial charge in [0, 0.05) is 32.3 Å². The van der Waals surface area contributed by atoms with Gasteiger partial charge in [0.1, 0.15) is 5.69 Å². The van der Waals surface area contributed by atoms with Crippen LogP contribution in [0.1, 0.15) is 26.3 Å². The summed E-state index contributed by atoms with van der Waals surface area (Å²) in [5.41, 5.74) is 1.71. The van der Waals surface area contributed by atoms with Gasteiger partial charge in [-0.05, 0) is 26.0 Å². The largest absolute Gasteiger partial charge is 0.380 e. The molecule has 118 valence electrons. The van der Waals surface area contributed by atoms with Crippen molar-refractivity contribution in [2.24, 2.45) is 0 Å². The topological polar surface area (TPSA) is 67.6 Å². The van der Waals surface area contributed by atoms with Crippen molar-refractivity contribution in [2.75, 3.05) is 38.2 Å². The fraction of sp³-hybridized carbons (Fsp3) is 0.600. The number of likely N-dealkylation sites (N-methyl/N-ethyl adjacent to an activating group) is 1. The van der Waals surface area contributed by atoms with Gasteiger partial charge in [0.15, 0.2) is 0 Å². The van der Waals surface area contributed by atoms with Gasteiger partial charge in [-0.25, -0.2) is 0 Å². The lowest BCUT2D eigenvalue weighted by Crippen LogP contribution is -2.27. The minimum Gasteiger partial charge on any atom is -0.380 e. The van der Waals surface area contributed by atoms with Crippen molar-refractivity contribution in [3.05, 3.63) is 33.9 Å². The van der Waals surface area contributed by atoms with E-state index in [2.05, 4.69) is 17.1 Å². The molecule has 0 radical (unpaired) electrons. The first-order valence-corrected chi connectivity index (χ1v) is 7.44. The summed E-state index contributed by atoms with van der Waals surface area (Å²) in [7, 11) is 0. The molecule has 0 unspecified atom stereocenters. The maximum atomic E-state index is 11.1. The van der Waals surface area contributed by atoms with Gasteiger partial charge in [0.25, 0.3) is 5.69 Å². The molecule has 0 aliphatic carbocycles. The second-order valence-electron chi connectivity index (χ2n) is 4.66. The van der Waals surface area contributed by atoms with Crippen molar-refractivity contribution in [1.29, 1.82) is 0 Å². The second kappa shape index (κ2) is 9.31. The summed E-state index contributed by atoms with van der Waals surface area (Å²) in [6.45, 7) is 10.4. The number of nitrogens with one attached hydrogen (secondary N) is 1. The fourth-order valence-corrected chi connectivity index (χ4v) is 2.18. The van der Waals surface area contributed by atoms with Gasteiger partial charge in [-0.3, -0.25) is 15.0 Å². The molecule has 0 amide bonds. The second-order valence-corrected chi connectivity index (χ2v) is 4.66. The van der Waals surface area contributed by atoms with E-state index < -0.39 is 0 Å². The quantitative estimate of drug-likeness (QED) is 0.408. The number of hydrogen-bond acceptors (Lipinski definition) is 5. The number of ether oxygens (including phenoxy) is 1. The van der Waals surface area contributed by atoms with E-state index in [1.165, 1.54) is 6.07 Å². The van der Waals surface area contributed by atoms with Crippen molar-refractivity contribution in [2.45, 2.75) is 27.3 Å². The molecule has 0 fully saturated rings. The fourth-order valence-electron chi connectivity index (χ4n) is 2.18. The highest BCUT2D eigenvalue weighted by Crippen LogP contribution is 2.29. The third-order valence-electron chi connectivity index (χ3n) is 3.28. The first-order valence-electron chi connectivity index (χ1n) is 7.44. The summed E-state index contributed by atoms with van der Waals surface area (Å²) >= 11 is 0. The average molecular weight is 295 g/mol. The molecule has 0 saturated carbocycles. The summed E-state index contributed by atoms with van der Waals surface area (Å²) in [6, 6.07) is 5.22. The number of anilines is 1. The van der Waals surface area contributed by atoms with Crippen LogP contribution in [0.25, 0.3) is 0 Å². The van der Waals surface area contributed by atoms with Crippen molar-refractivity contribution >= 4 is 11.4 Å². The molecule has 0 spiro atoms. The van der Waals surface area contributed by atoms with Crippen LogP contribution < -0.4 is 5.32 Å². The molecular formula is C15H25N3O3. The Morgan fingerprint density at radius 1 is 1.33 bits per heavy atom. The van der Waals surface area contributed by atoms with Crippen LogP contribution in [-0.2, 0) is 11.3 Å². The molecule has 1 rings (SSSR count). The number of nitrogens with zero attached hydrogens (tertiary/aromatic N) is 2. The summed E-state index contributed by atoms with van der Waals surface area (Å²) in [5.74, 6) is 0. The van der Waals surface area contributed by atoms with Crippen LogP contribution in [0.15, 0.2) is 18.2 Å². The van der Waals surface area contributed by atoms with Crippen molar-refractivity contribution in [3.8, 4) is 0 Å². The summed E-state index contributed by atoms with van der Waals surface area (Å²) < 4.78 is 5.38. The van der Waals surface area contributed by atoms with E-state index in [0.717, 1.165) is 18.7 Å². The average Bonchev–Trinajstić information content (AvgIpc) is 2.47. The lowest BCUT2D eigenvalue weighted by atomic mass is 10.1. The highest BCUT2D eigenvalue weighted by Gasteiger charge is 2.18. The molecule has 21 heavy (non-hydrogen) atoms. The van der Waals surface area contributed by atoms with Gasteiger partial charge in [0.2, 0.25) is 0 Å². The zero-order chi connectivity index (χ0) is 15.7. The molecule has 0 aromatic heterocycles. The number of benzene rings is 1. The zero-order valence-corrected chi connectivity index (χ0v) is 13.1. The van der Waals surface area contributed by atoms with Gasteiger partial charge in [0.05, 0.1) is 11.5 Å². The van der Waals surface area contributed by atoms with Crippen molar-refractivity contribution in [1.82, 2.24) is 4.90 Å². The van der Waals surface area contributed by atoms with Crippen LogP contribution >= 0.6 is 0 Å². The van der Waals surface area contributed by atoms with Crippen molar-refractivity contribution < 1.29 is 9.66 Å². The summed E-state index contributed by atoms with van der Waals surface area (Å²) in [5, 5.41) is 14.3. The number of nitro groups is 1. The summed E-state index contributed by atoms with van der Waals surface area (Å²) in [4.78, 5) is 13.0. The first kappa shape index (κ1) is 17.4. The first-order chi connectivity index (χ1) is 10.1. The number of hydrogen-bond donors (Lipinski definition) is 1. The van der Waals surface area contributed by atoms with Gasteiger partial charge in [-0.2, -0.15) is 0 Å². The molecule has 0 aliphatic rings. The SMILES string of the molecule is CCNc1c(CN(CC)CCOCC)cccc1[N+](=O)[O-]. The van der Waals surface area contributed by atoms with E-state index in [-0.39, 0.29) is 10.6 Å². The third kappa shape index (κ3) is 5.32. The highest BCUT2D eigenvalue weighted by molar-refractivity contribution is 5.66. The van der Waals surface area contributed by atoms with E-state index in [9.17, 15) is 10.1 Å². The van der Waals surface area contributed by atoms with Crippen LogP contribution in [0.5, 0.6) is 0 Å².